The number of hydrogen-bond donors (Lipinski definition) is 2. The Morgan fingerprint density at radius 3 is 1.86 bits per heavy atom. The topological polar surface area (TPSA) is 66.8 Å². The van der Waals surface area contributed by atoms with E-state index < -0.39 is 17.2 Å². The van der Waals surface area contributed by atoms with Gasteiger partial charge in [0.25, 0.3) is 0 Å². The van der Waals surface area contributed by atoms with Gasteiger partial charge in [-0.1, -0.05) is 60.7 Å². The molecule has 0 aliphatic heterocycles. The second-order valence-corrected chi connectivity index (χ2v) is 5.65. The van der Waals surface area contributed by atoms with Gasteiger partial charge in [-0.2, -0.15) is 0 Å². The first-order valence-corrected chi connectivity index (χ1v) is 7.07. The third-order valence-electron chi connectivity index (χ3n) is 3.61. The number of rotatable bonds is 5. The van der Waals surface area contributed by atoms with Crippen LogP contribution in [0, 0.1) is 0 Å². The fraction of sp³-hybridized carbons (Fsp3) is 0.278. The molecule has 0 amide bonds. The molecule has 0 saturated heterocycles. The molecule has 0 radical (unpaired) electrons. The van der Waals surface area contributed by atoms with E-state index >= 15 is 0 Å². The maximum absolute atomic E-state index is 12.2. The molecule has 2 aromatic rings. The monoisotopic (exact) mass is 300 g/mol. The quantitative estimate of drug-likeness (QED) is 0.832. The van der Waals surface area contributed by atoms with Crippen molar-refractivity contribution >= 4 is 5.97 Å². The van der Waals surface area contributed by atoms with E-state index in [0.29, 0.717) is 11.1 Å². The molecule has 2 N–H and O–H groups in total. The highest BCUT2D eigenvalue weighted by Gasteiger charge is 2.36. The Hall–Kier alpha value is -2.17. The zero-order valence-corrected chi connectivity index (χ0v) is 12.7. The molecule has 2 rings (SSSR count). The van der Waals surface area contributed by atoms with Crippen molar-refractivity contribution in [2.24, 2.45) is 0 Å². The van der Waals surface area contributed by atoms with Crippen LogP contribution in [0.4, 0.5) is 0 Å². The van der Waals surface area contributed by atoms with Crippen molar-refractivity contribution in [3.05, 3.63) is 71.8 Å². The Morgan fingerprint density at radius 1 is 0.909 bits per heavy atom. The number of ether oxygens (including phenoxy) is 1. The van der Waals surface area contributed by atoms with Crippen LogP contribution in [0.15, 0.2) is 60.7 Å². The van der Waals surface area contributed by atoms with Gasteiger partial charge in [0, 0.05) is 0 Å². The molecular formula is C18H20O4. The first-order valence-electron chi connectivity index (χ1n) is 7.07. The summed E-state index contributed by atoms with van der Waals surface area (Å²) in [6, 6.07) is 17.5. The summed E-state index contributed by atoms with van der Waals surface area (Å²) in [7, 11) is 0. The molecule has 0 fully saturated rings. The van der Waals surface area contributed by atoms with Gasteiger partial charge in [-0.25, -0.2) is 4.79 Å². The van der Waals surface area contributed by atoms with Crippen molar-refractivity contribution in [1.82, 2.24) is 0 Å². The van der Waals surface area contributed by atoms with Gasteiger partial charge in [-0.05, 0) is 25.0 Å². The van der Waals surface area contributed by atoms with Crippen molar-refractivity contribution in [3.8, 4) is 0 Å². The fourth-order valence-corrected chi connectivity index (χ4v) is 2.11. The average molecular weight is 300 g/mol. The molecule has 0 bridgehead atoms. The molecule has 2 unspecified atom stereocenters. The Balaban J connectivity index is 2.06. The number of aliphatic hydroxyl groups is 2. The van der Waals surface area contributed by atoms with E-state index in [-0.39, 0.29) is 6.61 Å². The predicted octanol–water partition coefficient (Wildman–Crippen LogP) is 2.34. The highest BCUT2D eigenvalue weighted by molar-refractivity contribution is 5.80. The minimum Gasteiger partial charge on any atom is -0.460 e. The summed E-state index contributed by atoms with van der Waals surface area (Å²) in [5, 5.41) is 20.8. The van der Waals surface area contributed by atoms with Crippen LogP contribution in [0.1, 0.15) is 25.0 Å². The maximum atomic E-state index is 12.2. The normalized spacial score (nSPS) is 16.4. The molecule has 0 aliphatic rings. The fourth-order valence-electron chi connectivity index (χ4n) is 2.11. The van der Waals surface area contributed by atoms with Crippen molar-refractivity contribution in [2.45, 2.75) is 25.0 Å². The van der Waals surface area contributed by atoms with Crippen LogP contribution < -0.4 is 0 Å². The lowest BCUT2D eigenvalue weighted by Crippen LogP contribution is -2.38. The SMILES string of the molecule is CC(O)(COC(=O)C(C)(O)c1ccccc1)c1ccccc1. The smallest absolute Gasteiger partial charge is 0.342 e. The Morgan fingerprint density at radius 2 is 1.36 bits per heavy atom. The van der Waals surface area contributed by atoms with E-state index in [9.17, 15) is 15.0 Å². The van der Waals surface area contributed by atoms with Crippen molar-refractivity contribution in [2.75, 3.05) is 6.61 Å². The largest absolute Gasteiger partial charge is 0.460 e. The second-order valence-electron chi connectivity index (χ2n) is 5.65. The summed E-state index contributed by atoms with van der Waals surface area (Å²) in [5.41, 5.74) is -1.99. The summed E-state index contributed by atoms with van der Waals surface area (Å²) in [4.78, 5) is 12.2. The zero-order chi connectivity index (χ0) is 16.2. The van der Waals surface area contributed by atoms with Gasteiger partial charge in [0.1, 0.15) is 12.2 Å². The standard InChI is InChI=1S/C18H20O4/c1-17(20,14-9-5-3-6-10-14)13-22-16(19)18(2,21)15-11-7-4-8-12-15/h3-12,20-21H,13H2,1-2H3. The zero-order valence-electron chi connectivity index (χ0n) is 12.7. The number of hydrogen-bond acceptors (Lipinski definition) is 4. The van der Waals surface area contributed by atoms with Crippen molar-refractivity contribution in [1.29, 1.82) is 0 Å². The Labute approximate surface area is 130 Å². The first kappa shape index (κ1) is 16.2. The summed E-state index contributed by atoms with van der Waals surface area (Å²) >= 11 is 0. The molecule has 116 valence electrons. The number of benzene rings is 2. The van der Waals surface area contributed by atoms with Gasteiger partial charge in [0.05, 0.1) is 0 Å². The number of carbonyl (C=O) groups excluding carboxylic acids is 1. The molecule has 4 heteroatoms. The minimum atomic E-state index is -1.76. The summed E-state index contributed by atoms with van der Waals surface area (Å²) in [6.07, 6.45) is 0. The lowest BCUT2D eigenvalue weighted by atomic mass is 9.95. The van der Waals surface area contributed by atoms with E-state index in [1.807, 2.05) is 6.07 Å². The van der Waals surface area contributed by atoms with Gasteiger partial charge in [-0.3, -0.25) is 0 Å². The lowest BCUT2D eigenvalue weighted by Gasteiger charge is -2.27. The molecule has 0 aliphatic carbocycles. The van der Waals surface area contributed by atoms with Gasteiger partial charge < -0.3 is 14.9 Å². The Kier molecular flexibility index (Phi) is 4.64. The van der Waals surface area contributed by atoms with Crippen molar-refractivity contribution in [3.63, 3.8) is 0 Å². The Bertz CT molecular complexity index is 618. The van der Waals surface area contributed by atoms with E-state index in [2.05, 4.69) is 0 Å². The summed E-state index contributed by atoms with van der Waals surface area (Å²) < 4.78 is 5.14. The molecule has 2 aromatic carbocycles. The molecule has 0 saturated carbocycles. The predicted molar refractivity (Wildman–Crippen MR) is 83.0 cm³/mol. The van der Waals surface area contributed by atoms with Gasteiger partial charge in [-0.15, -0.1) is 0 Å². The highest BCUT2D eigenvalue weighted by atomic mass is 16.6. The van der Waals surface area contributed by atoms with Crippen LogP contribution in [-0.4, -0.2) is 22.8 Å². The second kappa shape index (κ2) is 6.30. The first-order chi connectivity index (χ1) is 10.3. The summed E-state index contributed by atoms with van der Waals surface area (Å²) in [6.45, 7) is 2.70. The molecule has 0 heterocycles. The lowest BCUT2D eigenvalue weighted by molar-refractivity contribution is -0.172. The van der Waals surface area contributed by atoms with E-state index in [1.165, 1.54) is 6.92 Å². The van der Waals surface area contributed by atoms with E-state index in [4.69, 9.17) is 4.74 Å². The molecule has 0 aromatic heterocycles. The highest BCUT2D eigenvalue weighted by Crippen LogP contribution is 2.25. The van der Waals surface area contributed by atoms with Crippen LogP contribution in [0.25, 0.3) is 0 Å². The third kappa shape index (κ3) is 3.53. The minimum absolute atomic E-state index is 0.237. The van der Waals surface area contributed by atoms with Gasteiger partial charge in [0.2, 0.25) is 0 Å². The molecule has 4 nitrogen and oxygen atoms in total. The molecular weight excluding hydrogens is 280 g/mol. The molecule has 0 spiro atoms. The molecule has 22 heavy (non-hydrogen) atoms. The number of carbonyl (C=O) groups is 1. The average Bonchev–Trinajstić information content (AvgIpc) is 2.54. The van der Waals surface area contributed by atoms with Crippen LogP contribution in [0.5, 0.6) is 0 Å². The molecule has 2 atom stereocenters. The maximum Gasteiger partial charge on any atom is 0.342 e. The van der Waals surface area contributed by atoms with E-state index in [0.717, 1.165) is 0 Å². The van der Waals surface area contributed by atoms with Crippen LogP contribution in [0.3, 0.4) is 0 Å². The summed E-state index contributed by atoms with van der Waals surface area (Å²) in [5.74, 6) is -0.796. The van der Waals surface area contributed by atoms with Crippen LogP contribution in [0.2, 0.25) is 0 Å². The van der Waals surface area contributed by atoms with Crippen molar-refractivity contribution < 1.29 is 19.7 Å². The third-order valence-corrected chi connectivity index (χ3v) is 3.61. The van der Waals surface area contributed by atoms with Gasteiger partial charge >= 0.3 is 5.97 Å². The van der Waals surface area contributed by atoms with Crippen LogP contribution in [-0.2, 0) is 20.7 Å². The number of esters is 1. The van der Waals surface area contributed by atoms with E-state index in [1.54, 1.807) is 61.5 Å². The van der Waals surface area contributed by atoms with Crippen LogP contribution >= 0.6 is 0 Å². The van der Waals surface area contributed by atoms with Gasteiger partial charge in [0.15, 0.2) is 5.60 Å².